The number of anilines is 1. The predicted molar refractivity (Wildman–Crippen MR) is 110 cm³/mol. The first kappa shape index (κ1) is 21.3. The number of rotatable bonds is 8. The number of nitrogen functional groups attached to an aromatic ring is 1. The molecule has 5 atom stereocenters. The number of hydrogen-bond donors (Lipinski definition) is 3. The van der Waals surface area contributed by atoms with Gasteiger partial charge in [0.25, 0.3) is 0 Å². The van der Waals surface area contributed by atoms with Crippen molar-refractivity contribution in [2.24, 2.45) is 11.3 Å². The minimum Gasteiger partial charge on any atom is -0.390 e. The van der Waals surface area contributed by atoms with Crippen LogP contribution in [0, 0.1) is 11.3 Å². The molecule has 2 aliphatic carbocycles. The van der Waals surface area contributed by atoms with Crippen molar-refractivity contribution in [3.63, 3.8) is 0 Å². The summed E-state index contributed by atoms with van der Waals surface area (Å²) in [6, 6.07) is -0.457. The second-order valence-electron chi connectivity index (χ2n) is 7.23. The van der Waals surface area contributed by atoms with Crippen LogP contribution >= 0.6 is 18.3 Å². The minimum absolute atomic E-state index is 0.00991. The number of nitrogens with zero attached hydrogens (tertiary/aromatic N) is 4. The van der Waals surface area contributed by atoms with Gasteiger partial charge in [-0.05, 0) is 49.6 Å². The van der Waals surface area contributed by atoms with Crippen LogP contribution in [0.1, 0.15) is 26.3 Å². The smallest absolute Gasteiger partial charge is 0.327 e. The van der Waals surface area contributed by atoms with E-state index in [0.29, 0.717) is 30.8 Å². The summed E-state index contributed by atoms with van der Waals surface area (Å²) in [6.07, 6.45) is 0.141. The molecule has 4 rings (SSSR count). The van der Waals surface area contributed by atoms with Gasteiger partial charge in [0.05, 0.1) is 38.3 Å². The number of aliphatic hydroxyl groups is 2. The van der Waals surface area contributed by atoms with Crippen molar-refractivity contribution in [1.82, 2.24) is 19.5 Å². The van der Waals surface area contributed by atoms with E-state index in [1.54, 1.807) is 4.57 Å². The van der Waals surface area contributed by atoms with E-state index in [1.165, 1.54) is 6.33 Å². The van der Waals surface area contributed by atoms with E-state index in [1.807, 2.05) is 13.8 Å². The van der Waals surface area contributed by atoms with Crippen LogP contribution in [0.4, 0.5) is 5.82 Å². The Morgan fingerprint density at radius 2 is 2.00 bits per heavy atom. The molecule has 0 spiro atoms. The van der Waals surface area contributed by atoms with Crippen molar-refractivity contribution in [1.29, 1.82) is 0 Å². The minimum atomic E-state index is -2.90. The number of fused-ring (bicyclic) bond motifs is 2. The number of aliphatic hydroxyl groups excluding tert-OH is 2. The number of halogens is 1. The summed E-state index contributed by atoms with van der Waals surface area (Å²) in [4.78, 5) is 12.4. The van der Waals surface area contributed by atoms with Crippen LogP contribution in [-0.2, 0) is 25.4 Å². The molecule has 2 saturated carbocycles. The van der Waals surface area contributed by atoms with E-state index >= 15 is 0 Å². The largest absolute Gasteiger partial charge is 0.390 e. The SMILES string of the molecule is CCOP(=S)(OCC)OC[C@@]12C[C@@H]1[C@@H](n1cnc3c(N)nc(Cl)nc31)[C@H](O)[C@@H]2O. The third kappa shape index (κ3) is 3.47. The fourth-order valence-corrected chi connectivity index (χ4v) is 6.50. The highest BCUT2D eigenvalue weighted by Crippen LogP contribution is 2.69. The van der Waals surface area contributed by atoms with Crippen LogP contribution in [0.5, 0.6) is 0 Å². The van der Waals surface area contributed by atoms with Gasteiger partial charge in [-0.3, -0.25) is 0 Å². The molecule has 0 amide bonds. The van der Waals surface area contributed by atoms with Gasteiger partial charge in [-0.25, -0.2) is 4.98 Å². The Balaban J connectivity index is 1.60. The summed E-state index contributed by atoms with van der Waals surface area (Å²) in [5.74, 6) is 0.0952. The van der Waals surface area contributed by atoms with Crippen LogP contribution in [0.25, 0.3) is 11.2 Å². The quantitative estimate of drug-likeness (QED) is 0.391. The molecule has 10 nitrogen and oxygen atoms in total. The first-order valence-electron chi connectivity index (χ1n) is 9.31. The highest BCUT2D eigenvalue weighted by molar-refractivity contribution is 8.07. The summed E-state index contributed by atoms with van der Waals surface area (Å²) in [5.41, 5.74) is 6.05. The Bertz CT molecular complexity index is 969. The van der Waals surface area contributed by atoms with Crippen molar-refractivity contribution in [3.8, 4) is 0 Å². The van der Waals surface area contributed by atoms with E-state index < -0.39 is 30.4 Å². The van der Waals surface area contributed by atoms with Crippen LogP contribution in [0.3, 0.4) is 0 Å². The zero-order valence-corrected chi connectivity index (χ0v) is 18.4. The monoisotopic (exact) mass is 463 g/mol. The number of aromatic nitrogens is 4. The van der Waals surface area contributed by atoms with Crippen molar-refractivity contribution < 1.29 is 23.8 Å². The van der Waals surface area contributed by atoms with Gasteiger partial charge in [0, 0.05) is 5.41 Å². The van der Waals surface area contributed by atoms with Crippen molar-refractivity contribution in [2.45, 2.75) is 38.5 Å². The molecule has 0 aromatic carbocycles. The lowest BCUT2D eigenvalue weighted by molar-refractivity contribution is -0.0295. The summed E-state index contributed by atoms with van der Waals surface area (Å²) < 4.78 is 18.6. The summed E-state index contributed by atoms with van der Waals surface area (Å²) in [5, 5.41) is 21.6. The lowest BCUT2D eigenvalue weighted by Gasteiger charge is -2.26. The molecular formula is C16H23ClN5O5PS. The Labute approximate surface area is 177 Å². The van der Waals surface area contributed by atoms with Gasteiger partial charge in [-0.15, -0.1) is 0 Å². The van der Waals surface area contributed by atoms with E-state index in [0.717, 1.165) is 0 Å². The van der Waals surface area contributed by atoms with Crippen molar-refractivity contribution in [2.75, 3.05) is 25.6 Å². The summed E-state index contributed by atoms with van der Waals surface area (Å²) in [6.45, 7) is 1.59. The average Bonchev–Trinajstić information content (AvgIpc) is 3.16. The summed E-state index contributed by atoms with van der Waals surface area (Å²) in [7, 11) is 0. The first-order chi connectivity index (χ1) is 13.8. The molecule has 29 heavy (non-hydrogen) atoms. The van der Waals surface area contributed by atoms with Gasteiger partial charge in [0.15, 0.2) is 11.5 Å². The molecule has 0 aliphatic heterocycles. The fraction of sp³-hybridized carbons (Fsp3) is 0.688. The van der Waals surface area contributed by atoms with E-state index in [9.17, 15) is 10.2 Å². The highest BCUT2D eigenvalue weighted by atomic mass is 35.5. The third-order valence-corrected chi connectivity index (χ3v) is 8.37. The van der Waals surface area contributed by atoms with Gasteiger partial charge in [0.2, 0.25) is 5.28 Å². The molecule has 13 heteroatoms. The Kier molecular flexibility index (Phi) is 5.63. The van der Waals surface area contributed by atoms with Crippen molar-refractivity contribution >= 4 is 47.1 Å². The third-order valence-electron chi connectivity index (χ3n) is 5.66. The van der Waals surface area contributed by atoms with Crippen LogP contribution in [0.2, 0.25) is 5.28 Å². The maximum Gasteiger partial charge on any atom is 0.327 e. The molecule has 160 valence electrons. The maximum absolute atomic E-state index is 10.8. The second kappa shape index (κ2) is 7.65. The molecule has 0 unspecified atom stereocenters. The molecule has 4 N–H and O–H groups in total. The van der Waals surface area contributed by atoms with Gasteiger partial charge in [0.1, 0.15) is 11.6 Å². The Morgan fingerprint density at radius 1 is 1.31 bits per heavy atom. The molecule has 2 heterocycles. The second-order valence-corrected chi connectivity index (χ2v) is 10.6. The van der Waals surface area contributed by atoms with E-state index in [2.05, 4.69) is 15.0 Å². The van der Waals surface area contributed by atoms with Gasteiger partial charge in [-0.1, -0.05) is 0 Å². The highest BCUT2D eigenvalue weighted by Gasteiger charge is 2.72. The maximum atomic E-state index is 10.8. The number of imidazole rings is 1. The fourth-order valence-electron chi connectivity index (χ4n) is 4.28. The Morgan fingerprint density at radius 3 is 2.66 bits per heavy atom. The van der Waals surface area contributed by atoms with Crippen LogP contribution in [0.15, 0.2) is 6.33 Å². The zero-order chi connectivity index (χ0) is 21.0. The molecule has 2 aromatic heterocycles. The molecule has 0 saturated heterocycles. The molecule has 0 radical (unpaired) electrons. The van der Waals surface area contributed by atoms with Crippen LogP contribution in [-0.4, -0.2) is 61.8 Å². The standard InChI is InChI=1S/C16H23ClN5O5PS/c1-3-25-28(29,26-4-2)27-6-16-5-8(16)10(11(23)12(16)24)22-7-19-9-13(18)20-15(17)21-14(9)22/h7-8,10-12,23-24H,3-6H2,1-2H3,(H2,18,20,21)/t8-,10-,11+,12+,16+/m1/s1. The predicted octanol–water partition coefficient (Wildman–Crippen LogP) is 1.66. The van der Waals surface area contributed by atoms with Crippen LogP contribution < -0.4 is 5.73 Å². The topological polar surface area (TPSA) is 138 Å². The Hall–Kier alpha value is -0.910. The molecular weight excluding hydrogens is 441 g/mol. The lowest BCUT2D eigenvalue weighted by atomic mass is 10.0. The van der Waals surface area contributed by atoms with Gasteiger partial charge < -0.3 is 34.1 Å². The molecule has 2 aliphatic rings. The average molecular weight is 464 g/mol. The normalized spacial score (nSPS) is 31.3. The molecule has 2 fully saturated rings. The first-order valence-corrected chi connectivity index (χ1v) is 12.2. The molecule has 2 aromatic rings. The summed E-state index contributed by atoms with van der Waals surface area (Å²) >= 11 is 11.4. The van der Waals surface area contributed by atoms with Gasteiger partial charge in [-0.2, -0.15) is 9.97 Å². The van der Waals surface area contributed by atoms with Gasteiger partial charge >= 0.3 is 6.72 Å². The zero-order valence-electron chi connectivity index (χ0n) is 15.9. The van der Waals surface area contributed by atoms with E-state index in [4.69, 9.17) is 42.7 Å². The molecule has 0 bridgehead atoms. The number of hydrogen-bond acceptors (Lipinski definition) is 10. The van der Waals surface area contributed by atoms with Crippen molar-refractivity contribution in [3.05, 3.63) is 11.6 Å². The number of nitrogens with two attached hydrogens (primary N) is 1. The van der Waals surface area contributed by atoms with E-state index in [-0.39, 0.29) is 23.6 Å². The lowest BCUT2D eigenvalue weighted by Crippen LogP contribution is -2.36.